The fourth-order valence-electron chi connectivity index (χ4n) is 6.98. The number of ether oxygens (including phenoxy) is 4. The van der Waals surface area contributed by atoms with Crippen molar-refractivity contribution in [2.24, 2.45) is 5.73 Å². The summed E-state index contributed by atoms with van der Waals surface area (Å²) in [7, 11) is 1.26. The summed E-state index contributed by atoms with van der Waals surface area (Å²) in [5.41, 5.74) is 11.4. The van der Waals surface area contributed by atoms with Crippen LogP contribution in [0.4, 0.5) is 9.59 Å². The lowest BCUT2D eigenvalue weighted by molar-refractivity contribution is -0.135. The van der Waals surface area contributed by atoms with Crippen molar-refractivity contribution in [1.29, 1.82) is 0 Å². The van der Waals surface area contributed by atoms with Gasteiger partial charge in [0.25, 0.3) is 0 Å². The largest absolute Gasteiger partial charge is 0.489 e. The van der Waals surface area contributed by atoms with Crippen molar-refractivity contribution >= 4 is 23.8 Å². The Labute approximate surface area is 321 Å². The summed E-state index contributed by atoms with van der Waals surface area (Å²) in [6.07, 6.45) is 9.26. The second kappa shape index (κ2) is 17.1. The Morgan fingerprint density at radius 2 is 1.80 bits per heavy atom. The fraction of sp³-hybridized carbons (Fsp3) is 0.415. The summed E-state index contributed by atoms with van der Waals surface area (Å²) in [5.74, 6) is 1.06. The predicted molar refractivity (Wildman–Crippen MR) is 208 cm³/mol. The quantitative estimate of drug-likeness (QED) is 0.224. The van der Waals surface area contributed by atoms with E-state index in [-0.39, 0.29) is 43.9 Å². The SMILES string of the molecule is C=C(N/C=C(\N)c1ccc(-c2ccc3c(c2)OC/C=C\COCC(NC(=O)OC)C(=O)N2CCCC2c2ncc-3[nH]2)cc1)C1CCCN1C(=O)OC(C)(C)C. The van der Waals surface area contributed by atoms with Crippen molar-refractivity contribution in [3.8, 4) is 28.1 Å². The van der Waals surface area contributed by atoms with Crippen LogP contribution in [0.15, 0.2) is 79.3 Å². The maximum Gasteiger partial charge on any atom is 0.410 e. The molecule has 14 heteroatoms. The number of aromatic nitrogens is 2. The molecule has 2 aromatic carbocycles. The summed E-state index contributed by atoms with van der Waals surface area (Å²) < 4.78 is 22.4. The topological polar surface area (TPSA) is 173 Å². The van der Waals surface area contributed by atoms with Crippen LogP contribution in [0.1, 0.15) is 63.9 Å². The van der Waals surface area contributed by atoms with E-state index in [0.29, 0.717) is 36.1 Å². The van der Waals surface area contributed by atoms with Gasteiger partial charge in [0, 0.05) is 30.5 Å². The number of carbonyl (C=O) groups is 3. The number of nitrogens with two attached hydrogens (primary N) is 1. The van der Waals surface area contributed by atoms with Crippen molar-refractivity contribution in [3.63, 3.8) is 0 Å². The number of carbonyl (C=O) groups excluding carboxylic acids is 3. The van der Waals surface area contributed by atoms with Gasteiger partial charge in [-0.1, -0.05) is 43.0 Å². The molecule has 1 aromatic heterocycles. The Balaban J connectivity index is 1.18. The van der Waals surface area contributed by atoms with Gasteiger partial charge < -0.3 is 45.2 Å². The molecule has 55 heavy (non-hydrogen) atoms. The number of aromatic amines is 1. The molecule has 0 aliphatic carbocycles. The normalized spacial score (nSPS) is 21.2. The molecule has 2 bridgehead atoms. The van der Waals surface area contributed by atoms with Gasteiger partial charge in [-0.25, -0.2) is 14.6 Å². The number of imidazole rings is 1. The number of benzene rings is 2. The molecule has 3 aromatic rings. The van der Waals surface area contributed by atoms with Crippen LogP contribution in [0.25, 0.3) is 28.1 Å². The molecule has 292 valence electrons. The molecule has 14 nitrogen and oxygen atoms in total. The smallest absolute Gasteiger partial charge is 0.410 e. The molecule has 3 atom stereocenters. The molecule has 3 aliphatic rings. The molecule has 3 amide bonds. The number of alkyl carbamates (subject to hydrolysis) is 1. The fourth-order valence-corrected chi connectivity index (χ4v) is 6.98. The second-order valence-corrected chi connectivity index (χ2v) is 14.8. The first-order chi connectivity index (χ1) is 26.4. The minimum Gasteiger partial charge on any atom is -0.489 e. The molecule has 0 spiro atoms. The third kappa shape index (κ3) is 9.49. The summed E-state index contributed by atoms with van der Waals surface area (Å²) in [6.45, 7) is 11.4. The number of rotatable bonds is 6. The third-order valence-corrected chi connectivity index (χ3v) is 9.74. The summed E-state index contributed by atoms with van der Waals surface area (Å²) >= 11 is 0. The minimum atomic E-state index is -0.905. The second-order valence-electron chi connectivity index (χ2n) is 14.8. The number of methoxy groups -OCH3 is 1. The van der Waals surface area contributed by atoms with E-state index in [2.05, 4.69) is 27.2 Å². The molecular formula is C41H51N7O7. The third-order valence-electron chi connectivity index (χ3n) is 9.74. The number of hydrogen-bond donors (Lipinski definition) is 4. The molecule has 2 saturated heterocycles. The molecule has 3 unspecified atom stereocenters. The van der Waals surface area contributed by atoms with Crippen molar-refractivity contribution < 1.29 is 33.3 Å². The van der Waals surface area contributed by atoms with Crippen LogP contribution >= 0.6 is 0 Å². The van der Waals surface area contributed by atoms with Crippen molar-refractivity contribution in [1.82, 2.24) is 30.4 Å². The Bertz CT molecular complexity index is 1930. The highest BCUT2D eigenvalue weighted by Crippen LogP contribution is 2.37. The molecule has 4 heterocycles. The Kier molecular flexibility index (Phi) is 12.1. The molecule has 0 radical (unpaired) electrons. The van der Waals surface area contributed by atoms with Gasteiger partial charge >= 0.3 is 12.2 Å². The molecular weight excluding hydrogens is 702 g/mol. The Morgan fingerprint density at radius 1 is 1.05 bits per heavy atom. The van der Waals surface area contributed by atoms with E-state index in [1.54, 1.807) is 22.2 Å². The van der Waals surface area contributed by atoms with E-state index >= 15 is 0 Å². The predicted octanol–water partition coefficient (Wildman–Crippen LogP) is 5.86. The Morgan fingerprint density at radius 3 is 2.56 bits per heavy atom. The van der Waals surface area contributed by atoms with E-state index in [1.165, 1.54) is 7.11 Å². The van der Waals surface area contributed by atoms with E-state index < -0.39 is 17.7 Å². The summed E-state index contributed by atoms with van der Waals surface area (Å²) in [5, 5.41) is 5.83. The average Bonchev–Trinajstić information content (AvgIpc) is 3.96. The minimum absolute atomic E-state index is 0.0148. The lowest BCUT2D eigenvalue weighted by Crippen LogP contribution is -2.50. The van der Waals surface area contributed by atoms with E-state index in [0.717, 1.165) is 53.6 Å². The van der Waals surface area contributed by atoms with E-state index in [4.69, 9.17) is 24.7 Å². The van der Waals surface area contributed by atoms with Gasteiger partial charge in [-0.05, 0) is 81.4 Å². The van der Waals surface area contributed by atoms with Crippen LogP contribution in [-0.2, 0) is 19.0 Å². The maximum absolute atomic E-state index is 13.7. The monoisotopic (exact) mass is 753 g/mol. The van der Waals surface area contributed by atoms with Crippen LogP contribution < -0.4 is 21.1 Å². The highest BCUT2D eigenvalue weighted by atomic mass is 16.6. The first-order valence-electron chi connectivity index (χ1n) is 18.6. The first-order valence-corrected chi connectivity index (χ1v) is 18.6. The summed E-state index contributed by atoms with van der Waals surface area (Å²) in [6, 6.07) is 12.5. The maximum atomic E-state index is 13.7. The zero-order chi connectivity index (χ0) is 39.1. The van der Waals surface area contributed by atoms with Gasteiger partial charge in [-0.3, -0.25) is 9.69 Å². The van der Waals surface area contributed by atoms with Crippen LogP contribution in [0.3, 0.4) is 0 Å². The number of likely N-dealkylation sites (tertiary alicyclic amines) is 1. The number of nitrogens with zero attached hydrogens (tertiary/aromatic N) is 3. The Hall–Kier alpha value is -5.76. The number of nitrogens with one attached hydrogen (secondary N) is 3. The van der Waals surface area contributed by atoms with Gasteiger partial charge in [0.05, 0.1) is 50.0 Å². The van der Waals surface area contributed by atoms with Gasteiger partial charge in [0.2, 0.25) is 5.91 Å². The van der Waals surface area contributed by atoms with Crippen molar-refractivity contribution in [2.75, 3.05) is 40.0 Å². The molecule has 2 fully saturated rings. The van der Waals surface area contributed by atoms with Gasteiger partial charge in [0.15, 0.2) is 0 Å². The van der Waals surface area contributed by atoms with E-state index in [1.807, 2.05) is 75.4 Å². The van der Waals surface area contributed by atoms with E-state index in [9.17, 15) is 14.4 Å². The standard InChI is InChI=1S/C41H51N7O7/c1-26(34-10-8-19-48(34)40(51)55-41(2,3)4)43-23-31(42)28-14-12-27(13-15-28)29-16-17-30-32-24-44-37(45-32)35-11-9-18-47(35)38(49)33(46-39(50)52-5)25-53-20-6-7-21-54-36(30)22-29/h6-7,12-17,22-24,33-35,43H,1,8-11,18-21,25,42H2,2-5H3,(H,44,45)(H,46,50)/b7-6-,31-23-. The molecule has 5 N–H and O–H groups in total. The molecule has 0 saturated carbocycles. The van der Waals surface area contributed by atoms with Crippen LogP contribution in [0, 0.1) is 0 Å². The highest BCUT2D eigenvalue weighted by Gasteiger charge is 2.37. The van der Waals surface area contributed by atoms with Crippen LogP contribution in [0.5, 0.6) is 5.75 Å². The zero-order valence-corrected chi connectivity index (χ0v) is 31.9. The van der Waals surface area contributed by atoms with Crippen molar-refractivity contribution in [3.05, 3.63) is 90.7 Å². The highest BCUT2D eigenvalue weighted by molar-refractivity contribution is 5.86. The van der Waals surface area contributed by atoms with Crippen LogP contribution in [0.2, 0.25) is 0 Å². The van der Waals surface area contributed by atoms with Gasteiger partial charge in [0.1, 0.15) is 29.8 Å². The first kappa shape index (κ1) is 38.9. The number of fused-ring (bicyclic) bond motifs is 6. The number of amides is 3. The van der Waals surface area contributed by atoms with Crippen LogP contribution in [-0.4, -0.2) is 95.6 Å². The lowest BCUT2D eigenvalue weighted by Gasteiger charge is -2.29. The number of hydrogen-bond acceptors (Lipinski definition) is 10. The molecule has 6 rings (SSSR count). The zero-order valence-electron chi connectivity index (χ0n) is 31.9. The lowest BCUT2D eigenvalue weighted by atomic mass is 10.00. The van der Waals surface area contributed by atoms with Gasteiger partial charge in [-0.15, -0.1) is 0 Å². The summed E-state index contributed by atoms with van der Waals surface area (Å²) in [4.78, 5) is 50.1. The number of H-pyrrole nitrogens is 1. The molecule has 3 aliphatic heterocycles. The van der Waals surface area contributed by atoms with Gasteiger partial charge in [-0.2, -0.15) is 0 Å². The van der Waals surface area contributed by atoms with Crippen molar-refractivity contribution in [2.45, 2.75) is 70.2 Å². The average molecular weight is 754 g/mol.